The van der Waals surface area contributed by atoms with Crippen LogP contribution in [-0.2, 0) is 6.18 Å². The first kappa shape index (κ1) is 15.4. The predicted molar refractivity (Wildman–Crippen MR) is 73.4 cm³/mol. The smallest absolute Gasteiger partial charge is 0.347 e. The summed E-state index contributed by atoms with van der Waals surface area (Å²) in [7, 11) is 0. The van der Waals surface area contributed by atoms with Gasteiger partial charge in [0.1, 0.15) is 0 Å². The van der Waals surface area contributed by atoms with Gasteiger partial charge in [-0.25, -0.2) is 0 Å². The molecule has 1 amide bonds. The average Bonchev–Trinajstić information content (AvgIpc) is 3.10. The average molecular weight is 350 g/mol. The van der Waals surface area contributed by atoms with Crippen LogP contribution in [0.1, 0.15) is 42.6 Å². The highest BCUT2D eigenvalue weighted by atomic mass is 79.9. The predicted octanol–water partition coefficient (Wildman–Crippen LogP) is 4.39. The molecule has 1 aromatic carbocycles. The van der Waals surface area contributed by atoms with Crippen LogP contribution >= 0.6 is 15.9 Å². The van der Waals surface area contributed by atoms with E-state index in [2.05, 4.69) is 21.2 Å². The van der Waals surface area contributed by atoms with E-state index < -0.39 is 17.6 Å². The number of nitrogens with one attached hydrogen (secondary N) is 1. The van der Waals surface area contributed by atoms with Gasteiger partial charge in [0, 0.05) is 15.6 Å². The lowest BCUT2D eigenvalue weighted by molar-refractivity contribution is -0.138. The van der Waals surface area contributed by atoms with Gasteiger partial charge in [0.25, 0.3) is 5.91 Å². The summed E-state index contributed by atoms with van der Waals surface area (Å²) in [5.41, 5.74) is -1.20. The second-order valence-corrected chi connectivity index (χ2v) is 6.50. The van der Waals surface area contributed by atoms with Crippen molar-refractivity contribution in [1.82, 2.24) is 5.32 Å². The number of hydrogen-bond donors (Lipinski definition) is 1. The Balaban J connectivity index is 2.22. The Bertz CT molecular complexity index is 536. The maximum Gasteiger partial charge on any atom is 0.417 e. The fraction of sp³-hybridized carbons (Fsp3) is 0.500. The molecular weight excluding hydrogens is 335 g/mol. The van der Waals surface area contributed by atoms with Gasteiger partial charge >= 0.3 is 6.18 Å². The summed E-state index contributed by atoms with van der Waals surface area (Å²) < 4.78 is 38.4. The molecule has 0 atom stereocenters. The molecule has 2 rings (SSSR count). The molecule has 0 aromatic heterocycles. The van der Waals surface area contributed by atoms with Gasteiger partial charge in [-0.15, -0.1) is 0 Å². The molecule has 0 radical (unpaired) electrons. The topological polar surface area (TPSA) is 29.1 Å². The van der Waals surface area contributed by atoms with Crippen LogP contribution in [-0.4, -0.2) is 11.4 Å². The van der Waals surface area contributed by atoms with Gasteiger partial charge in [-0.2, -0.15) is 13.2 Å². The zero-order chi connectivity index (χ0) is 15.1. The molecule has 0 bridgehead atoms. The Morgan fingerprint density at radius 1 is 1.30 bits per heavy atom. The number of carbonyl (C=O) groups is 1. The van der Waals surface area contributed by atoms with E-state index in [0.29, 0.717) is 5.92 Å². The molecule has 1 aromatic rings. The second-order valence-electron chi connectivity index (χ2n) is 5.64. The molecule has 6 heteroatoms. The summed E-state index contributed by atoms with van der Waals surface area (Å²) in [6.45, 7) is 3.79. The largest absolute Gasteiger partial charge is 0.417 e. The molecule has 1 aliphatic rings. The second kappa shape index (κ2) is 5.06. The summed E-state index contributed by atoms with van der Waals surface area (Å²) in [5.74, 6) is -0.0658. The Kier molecular flexibility index (Phi) is 3.88. The molecule has 2 nitrogen and oxygen atoms in total. The maximum atomic E-state index is 12.8. The summed E-state index contributed by atoms with van der Waals surface area (Å²) in [6, 6.07) is 3.52. The van der Waals surface area contributed by atoms with Gasteiger partial charge in [0.05, 0.1) is 5.56 Å². The van der Waals surface area contributed by atoms with Crippen molar-refractivity contribution in [1.29, 1.82) is 0 Å². The number of benzene rings is 1. The molecule has 1 saturated carbocycles. The van der Waals surface area contributed by atoms with Crippen molar-refractivity contribution in [2.75, 3.05) is 0 Å². The molecule has 0 spiro atoms. The van der Waals surface area contributed by atoms with E-state index in [9.17, 15) is 18.0 Å². The monoisotopic (exact) mass is 349 g/mol. The van der Waals surface area contributed by atoms with Gasteiger partial charge in [0.2, 0.25) is 0 Å². The lowest BCUT2D eigenvalue weighted by Crippen LogP contribution is -2.45. The number of carbonyl (C=O) groups excluding carboxylic acids is 1. The number of hydrogen-bond acceptors (Lipinski definition) is 1. The lowest BCUT2D eigenvalue weighted by Gasteiger charge is -2.26. The van der Waals surface area contributed by atoms with Crippen LogP contribution < -0.4 is 5.32 Å². The summed E-state index contributed by atoms with van der Waals surface area (Å²) >= 11 is 2.86. The molecule has 1 aliphatic carbocycles. The van der Waals surface area contributed by atoms with Crippen LogP contribution in [0.3, 0.4) is 0 Å². The quantitative estimate of drug-likeness (QED) is 0.861. The fourth-order valence-corrected chi connectivity index (χ4v) is 2.63. The van der Waals surface area contributed by atoms with Crippen molar-refractivity contribution >= 4 is 21.8 Å². The Morgan fingerprint density at radius 2 is 1.90 bits per heavy atom. The minimum Gasteiger partial charge on any atom is -0.347 e. The molecule has 1 N–H and O–H groups in total. The molecule has 20 heavy (non-hydrogen) atoms. The zero-order valence-electron chi connectivity index (χ0n) is 11.1. The SMILES string of the molecule is CC(C)(NC(=O)c1ccc(Br)c(C(F)(F)F)c1)C1CC1. The third-order valence-electron chi connectivity index (χ3n) is 3.57. The van der Waals surface area contributed by atoms with Crippen LogP contribution in [0, 0.1) is 5.92 Å². The number of alkyl halides is 3. The van der Waals surface area contributed by atoms with E-state index in [-0.39, 0.29) is 15.6 Å². The van der Waals surface area contributed by atoms with Crippen LogP contribution in [0.4, 0.5) is 13.2 Å². The van der Waals surface area contributed by atoms with Crippen molar-refractivity contribution in [2.24, 2.45) is 5.92 Å². The van der Waals surface area contributed by atoms with Crippen molar-refractivity contribution < 1.29 is 18.0 Å². The minimum atomic E-state index is -4.48. The minimum absolute atomic E-state index is 0.0225. The van der Waals surface area contributed by atoms with Crippen LogP contribution in [0.2, 0.25) is 0 Å². The Labute approximate surface area is 123 Å². The number of rotatable bonds is 3. The first-order valence-corrected chi connectivity index (χ1v) is 7.10. The zero-order valence-corrected chi connectivity index (χ0v) is 12.7. The van der Waals surface area contributed by atoms with Gasteiger partial charge < -0.3 is 5.32 Å². The van der Waals surface area contributed by atoms with E-state index in [4.69, 9.17) is 0 Å². The highest BCUT2D eigenvalue weighted by Gasteiger charge is 2.39. The van der Waals surface area contributed by atoms with E-state index in [0.717, 1.165) is 18.9 Å². The maximum absolute atomic E-state index is 12.8. The number of amides is 1. The molecule has 1 fully saturated rings. The molecule has 110 valence electrons. The molecule has 0 aliphatic heterocycles. The first-order chi connectivity index (χ1) is 9.11. The van der Waals surface area contributed by atoms with E-state index in [1.807, 2.05) is 13.8 Å². The van der Waals surface area contributed by atoms with Crippen molar-refractivity contribution in [3.8, 4) is 0 Å². The van der Waals surface area contributed by atoms with Crippen LogP contribution in [0.25, 0.3) is 0 Å². The third-order valence-corrected chi connectivity index (χ3v) is 4.26. The summed E-state index contributed by atoms with van der Waals surface area (Å²) in [6.07, 6.45) is -2.40. The van der Waals surface area contributed by atoms with Gasteiger partial charge in [-0.05, 0) is 50.8 Å². The first-order valence-electron chi connectivity index (χ1n) is 6.30. The van der Waals surface area contributed by atoms with Gasteiger partial charge in [-0.3, -0.25) is 4.79 Å². The molecule has 0 unspecified atom stereocenters. The molecule has 0 heterocycles. The normalized spacial score (nSPS) is 16.1. The Morgan fingerprint density at radius 3 is 2.40 bits per heavy atom. The Hall–Kier alpha value is -1.04. The van der Waals surface area contributed by atoms with E-state index in [1.54, 1.807) is 0 Å². The number of halogens is 4. The van der Waals surface area contributed by atoms with Crippen molar-refractivity contribution in [2.45, 2.75) is 38.4 Å². The van der Waals surface area contributed by atoms with Crippen LogP contribution in [0.5, 0.6) is 0 Å². The van der Waals surface area contributed by atoms with E-state index in [1.165, 1.54) is 12.1 Å². The van der Waals surface area contributed by atoms with Crippen molar-refractivity contribution in [3.05, 3.63) is 33.8 Å². The van der Waals surface area contributed by atoms with Gasteiger partial charge in [-0.1, -0.05) is 15.9 Å². The third kappa shape index (κ3) is 3.34. The molecular formula is C14H15BrF3NO. The lowest BCUT2D eigenvalue weighted by atomic mass is 9.98. The summed E-state index contributed by atoms with van der Waals surface area (Å²) in [5, 5.41) is 2.81. The van der Waals surface area contributed by atoms with Crippen molar-refractivity contribution in [3.63, 3.8) is 0 Å². The fourth-order valence-electron chi connectivity index (χ4n) is 2.16. The molecule has 0 saturated heterocycles. The van der Waals surface area contributed by atoms with Gasteiger partial charge in [0.15, 0.2) is 0 Å². The highest BCUT2D eigenvalue weighted by molar-refractivity contribution is 9.10. The summed E-state index contributed by atoms with van der Waals surface area (Å²) in [4.78, 5) is 12.1. The van der Waals surface area contributed by atoms with E-state index >= 15 is 0 Å². The standard InChI is InChI=1S/C14H15BrF3NO/c1-13(2,9-4-5-9)19-12(20)8-3-6-11(15)10(7-8)14(16,17)18/h3,6-7,9H,4-5H2,1-2H3,(H,19,20). The highest BCUT2D eigenvalue weighted by Crippen LogP contribution is 2.39. The van der Waals surface area contributed by atoms with Crippen LogP contribution in [0.15, 0.2) is 22.7 Å².